The standard InChI is InChI=1S/C15H14FN5OS2/c1-9(13(22)18-14-17-7-8-23-14)24-15-20-19-12(21(15)2)10-3-5-11(16)6-4-10/h3-9H,1-2H3,(H,17,18,22)/t9-/m0/s1. The molecule has 124 valence electrons. The molecule has 0 aliphatic carbocycles. The van der Waals surface area contributed by atoms with Gasteiger partial charge in [0.05, 0.1) is 5.25 Å². The van der Waals surface area contributed by atoms with Crippen molar-refractivity contribution in [2.75, 3.05) is 5.32 Å². The second kappa shape index (κ2) is 7.10. The van der Waals surface area contributed by atoms with Crippen LogP contribution in [0.2, 0.25) is 0 Å². The number of halogens is 1. The predicted molar refractivity (Wildman–Crippen MR) is 92.5 cm³/mol. The highest BCUT2D eigenvalue weighted by Gasteiger charge is 2.20. The Labute approximate surface area is 146 Å². The van der Waals surface area contributed by atoms with Gasteiger partial charge in [0.2, 0.25) is 5.91 Å². The normalized spacial score (nSPS) is 12.1. The van der Waals surface area contributed by atoms with E-state index < -0.39 is 0 Å². The monoisotopic (exact) mass is 363 g/mol. The number of rotatable bonds is 5. The van der Waals surface area contributed by atoms with Crippen molar-refractivity contribution in [3.05, 3.63) is 41.7 Å². The summed E-state index contributed by atoms with van der Waals surface area (Å²) in [5, 5.41) is 13.6. The third-order valence-corrected chi connectivity index (χ3v) is 5.07. The Morgan fingerprint density at radius 1 is 1.33 bits per heavy atom. The van der Waals surface area contributed by atoms with Crippen LogP contribution in [0.1, 0.15) is 6.92 Å². The smallest absolute Gasteiger partial charge is 0.239 e. The van der Waals surface area contributed by atoms with E-state index in [4.69, 9.17) is 0 Å². The molecule has 1 atom stereocenters. The molecule has 0 spiro atoms. The summed E-state index contributed by atoms with van der Waals surface area (Å²) in [6.07, 6.45) is 1.63. The van der Waals surface area contributed by atoms with Crippen molar-refractivity contribution in [2.45, 2.75) is 17.3 Å². The van der Waals surface area contributed by atoms with Crippen LogP contribution in [0.5, 0.6) is 0 Å². The number of thioether (sulfide) groups is 1. The van der Waals surface area contributed by atoms with E-state index in [-0.39, 0.29) is 17.0 Å². The Kier molecular flexibility index (Phi) is 4.91. The summed E-state index contributed by atoms with van der Waals surface area (Å²) in [4.78, 5) is 16.2. The number of hydrogen-bond acceptors (Lipinski definition) is 6. The van der Waals surface area contributed by atoms with Gasteiger partial charge in [-0.25, -0.2) is 9.37 Å². The van der Waals surface area contributed by atoms with E-state index in [1.807, 2.05) is 7.05 Å². The maximum absolute atomic E-state index is 13.0. The van der Waals surface area contributed by atoms with Gasteiger partial charge in [0.1, 0.15) is 5.82 Å². The molecule has 0 aliphatic rings. The molecular formula is C15H14FN5OS2. The number of nitrogens with zero attached hydrogens (tertiary/aromatic N) is 4. The Bertz CT molecular complexity index is 832. The van der Waals surface area contributed by atoms with Crippen LogP contribution in [0.3, 0.4) is 0 Å². The van der Waals surface area contributed by atoms with E-state index in [0.717, 1.165) is 5.56 Å². The van der Waals surface area contributed by atoms with Gasteiger partial charge in [0.25, 0.3) is 0 Å². The topological polar surface area (TPSA) is 72.7 Å². The molecule has 0 fully saturated rings. The summed E-state index contributed by atoms with van der Waals surface area (Å²) in [6.45, 7) is 1.79. The molecule has 2 aromatic heterocycles. The molecule has 1 amide bonds. The van der Waals surface area contributed by atoms with Gasteiger partial charge < -0.3 is 9.88 Å². The number of amides is 1. The summed E-state index contributed by atoms with van der Waals surface area (Å²) < 4.78 is 14.8. The van der Waals surface area contributed by atoms with Crippen LogP contribution in [0, 0.1) is 5.82 Å². The number of carbonyl (C=O) groups is 1. The molecule has 3 aromatic rings. The number of nitrogens with one attached hydrogen (secondary N) is 1. The van der Waals surface area contributed by atoms with Gasteiger partial charge in [0, 0.05) is 24.2 Å². The third kappa shape index (κ3) is 3.62. The van der Waals surface area contributed by atoms with E-state index in [0.29, 0.717) is 16.1 Å². The second-order valence-corrected chi connectivity index (χ2v) is 7.16. The third-order valence-electron chi connectivity index (χ3n) is 3.25. The van der Waals surface area contributed by atoms with Crippen LogP contribution in [-0.4, -0.2) is 30.9 Å². The van der Waals surface area contributed by atoms with Crippen molar-refractivity contribution in [1.29, 1.82) is 0 Å². The van der Waals surface area contributed by atoms with Crippen molar-refractivity contribution < 1.29 is 9.18 Å². The van der Waals surface area contributed by atoms with Crippen LogP contribution < -0.4 is 5.32 Å². The minimum atomic E-state index is -0.363. The maximum atomic E-state index is 13.0. The minimum absolute atomic E-state index is 0.152. The highest BCUT2D eigenvalue weighted by atomic mass is 32.2. The Hall–Kier alpha value is -2.26. The zero-order chi connectivity index (χ0) is 17.1. The number of anilines is 1. The zero-order valence-corrected chi connectivity index (χ0v) is 14.6. The molecule has 2 heterocycles. The fourth-order valence-electron chi connectivity index (χ4n) is 1.97. The first-order valence-corrected chi connectivity index (χ1v) is 8.83. The van der Waals surface area contributed by atoms with Crippen LogP contribution in [0.15, 0.2) is 41.0 Å². The molecule has 1 N–H and O–H groups in total. The molecule has 9 heteroatoms. The molecule has 0 bridgehead atoms. The van der Waals surface area contributed by atoms with Crippen LogP contribution in [-0.2, 0) is 11.8 Å². The summed E-state index contributed by atoms with van der Waals surface area (Å²) >= 11 is 2.66. The molecule has 24 heavy (non-hydrogen) atoms. The highest BCUT2D eigenvalue weighted by molar-refractivity contribution is 8.00. The molecule has 0 aliphatic heterocycles. The summed E-state index contributed by atoms with van der Waals surface area (Å²) in [7, 11) is 1.81. The lowest BCUT2D eigenvalue weighted by molar-refractivity contribution is -0.115. The van der Waals surface area contributed by atoms with Gasteiger partial charge in [-0.2, -0.15) is 0 Å². The van der Waals surface area contributed by atoms with Gasteiger partial charge in [-0.15, -0.1) is 21.5 Å². The fraction of sp³-hybridized carbons (Fsp3) is 0.200. The molecule has 0 radical (unpaired) electrons. The second-order valence-electron chi connectivity index (χ2n) is 4.96. The van der Waals surface area contributed by atoms with E-state index in [9.17, 15) is 9.18 Å². The number of aromatic nitrogens is 4. The van der Waals surface area contributed by atoms with Gasteiger partial charge in [0.15, 0.2) is 16.1 Å². The average molecular weight is 363 g/mol. The minimum Gasteiger partial charge on any atom is -0.305 e. The number of carbonyl (C=O) groups excluding carboxylic acids is 1. The number of benzene rings is 1. The summed E-state index contributed by atoms with van der Waals surface area (Å²) in [5.41, 5.74) is 0.762. The first-order chi connectivity index (χ1) is 11.5. The van der Waals surface area contributed by atoms with Crippen molar-refractivity contribution in [1.82, 2.24) is 19.7 Å². The van der Waals surface area contributed by atoms with Crippen LogP contribution in [0.25, 0.3) is 11.4 Å². The fourth-order valence-corrected chi connectivity index (χ4v) is 3.32. The summed E-state index contributed by atoms with van der Waals surface area (Å²) in [5.74, 6) is 0.161. The molecule has 0 saturated heterocycles. The molecule has 0 saturated carbocycles. The predicted octanol–water partition coefficient (Wildman–Crippen LogP) is 3.20. The highest BCUT2D eigenvalue weighted by Crippen LogP contribution is 2.26. The van der Waals surface area contributed by atoms with Gasteiger partial charge in [-0.1, -0.05) is 11.8 Å². The lowest BCUT2D eigenvalue weighted by atomic mass is 10.2. The van der Waals surface area contributed by atoms with Crippen molar-refractivity contribution >= 4 is 34.1 Å². The SMILES string of the molecule is C[C@H](Sc1nnc(-c2ccc(F)cc2)n1C)C(=O)Nc1nccs1. The Morgan fingerprint density at radius 3 is 2.75 bits per heavy atom. The van der Waals surface area contributed by atoms with E-state index >= 15 is 0 Å². The van der Waals surface area contributed by atoms with Gasteiger partial charge >= 0.3 is 0 Å². The van der Waals surface area contributed by atoms with Crippen LogP contribution in [0.4, 0.5) is 9.52 Å². The number of thiazole rings is 1. The quantitative estimate of drug-likeness (QED) is 0.705. The average Bonchev–Trinajstić information content (AvgIpc) is 3.19. The van der Waals surface area contributed by atoms with E-state index in [2.05, 4.69) is 20.5 Å². The van der Waals surface area contributed by atoms with Crippen molar-refractivity contribution in [3.63, 3.8) is 0 Å². The Balaban J connectivity index is 1.71. The summed E-state index contributed by atoms with van der Waals surface area (Å²) in [6, 6.07) is 6.04. The molecule has 1 aromatic carbocycles. The number of hydrogen-bond donors (Lipinski definition) is 1. The Morgan fingerprint density at radius 2 is 2.08 bits per heavy atom. The van der Waals surface area contributed by atoms with E-state index in [1.54, 1.807) is 35.2 Å². The molecule has 3 rings (SSSR count). The van der Waals surface area contributed by atoms with Gasteiger partial charge in [-0.05, 0) is 31.2 Å². The van der Waals surface area contributed by atoms with Gasteiger partial charge in [-0.3, -0.25) is 4.79 Å². The lowest BCUT2D eigenvalue weighted by Gasteiger charge is -2.10. The van der Waals surface area contributed by atoms with Crippen LogP contribution >= 0.6 is 23.1 Å². The zero-order valence-electron chi connectivity index (χ0n) is 12.9. The maximum Gasteiger partial charge on any atom is 0.239 e. The molecule has 6 nitrogen and oxygen atoms in total. The van der Waals surface area contributed by atoms with E-state index in [1.165, 1.54) is 35.2 Å². The van der Waals surface area contributed by atoms with Crippen molar-refractivity contribution in [2.24, 2.45) is 7.05 Å². The molecular weight excluding hydrogens is 349 g/mol. The first kappa shape index (κ1) is 16.6. The lowest BCUT2D eigenvalue weighted by Crippen LogP contribution is -2.22. The first-order valence-electron chi connectivity index (χ1n) is 7.07. The molecule has 0 unspecified atom stereocenters. The largest absolute Gasteiger partial charge is 0.305 e. The van der Waals surface area contributed by atoms with Crippen molar-refractivity contribution in [3.8, 4) is 11.4 Å².